The normalized spacial score (nSPS) is 16.7. The van der Waals surface area contributed by atoms with Gasteiger partial charge in [-0.05, 0) is 37.7 Å². The number of hydrogen-bond acceptors (Lipinski definition) is 4. The highest BCUT2D eigenvalue weighted by molar-refractivity contribution is 7.98. The first-order valence-electron chi connectivity index (χ1n) is 6.31. The van der Waals surface area contributed by atoms with Crippen LogP contribution in [0.5, 0.6) is 0 Å². The Morgan fingerprint density at radius 2 is 2.26 bits per heavy atom. The third-order valence-electron chi connectivity index (χ3n) is 3.76. The van der Waals surface area contributed by atoms with Gasteiger partial charge in [0.2, 0.25) is 0 Å². The second kappa shape index (κ2) is 5.84. The van der Waals surface area contributed by atoms with Crippen molar-refractivity contribution in [3.63, 3.8) is 0 Å². The second-order valence-corrected chi connectivity index (χ2v) is 5.63. The van der Waals surface area contributed by atoms with Crippen molar-refractivity contribution >= 4 is 23.4 Å². The molecule has 0 amide bonds. The highest BCUT2D eigenvalue weighted by Crippen LogP contribution is 2.36. The molecule has 1 aliphatic carbocycles. The van der Waals surface area contributed by atoms with Gasteiger partial charge in [0.15, 0.2) is 0 Å². The molecule has 4 nitrogen and oxygen atoms in total. The highest BCUT2D eigenvalue weighted by atomic mass is 32.2. The zero-order valence-corrected chi connectivity index (χ0v) is 12.0. The summed E-state index contributed by atoms with van der Waals surface area (Å²) in [5, 5.41) is 12.6. The van der Waals surface area contributed by atoms with Crippen LogP contribution in [0, 0.1) is 0 Å². The molecule has 0 unspecified atom stereocenters. The number of methoxy groups -OCH3 is 1. The summed E-state index contributed by atoms with van der Waals surface area (Å²) in [5.41, 5.74) is 0.897. The Morgan fingerprint density at radius 1 is 1.53 bits per heavy atom. The van der Waals surface area contributed by atoms with Crippen LogP contribution in [0.2, 0.25) is 0 Å². The monoisotopic (exact) mass is 281 g/mol. The van der Waals surface area contributed by atoms with Crippen LogP contribution in [0.15, 0.2) is 23.1 Å². The van der Waals surface area contributed by atoms with Crippen molar-refractivity contribution in [2.24, 2.45) is 0 Å². The molecule has 0 aromatic heterocycles. The maximum Gasteiger partial charge on any atom is 0.338 e. The van der Waals surface area contributed by atoms with Gasteiger partial charge in [-0.3, -0.25) is 0 Å². The maximum atomic E-state index is 11.4. The Morgan fingerprint density at radius 3 is 2.74 bits per heavy atom. The first-order chi connectivity index (χ1) is 9.12. The second-order valence-electron chi connectivity index (χ2n) is 4.78. The van der Waals surface area contributed by atoms with Gasteiger partial charge < -0.3 is 15.2 Å². The fourth-order valence-electron chi connectivity index (χ4n) is 2.35. The van der Waals surface area contributed by atoms with Gasteiger partial charge in [-0.25, -0.2) is 4.79 Å². The third-order valence-corrected chi connectivity index (χ3v) is 4.54. The number of nitrogens with one attached hydrogen (secondary N) is 1. The van der Waals surface area contributed by atoms with Crippen molar-refractivity contribution in [3.8, 4) is 0 Å². The first-order valence-corrected chi connectivity index (χ1v) is 7.54. The van der Waals surface area contributed by atoms with E-state index in [1.165, 1.54) is 18.2 Å². The van der Waals surface area contributed by atoms with Gasteiger partial charge in [0.25, 0.3) is 0 Å². The van der Waals surface area contributed by atoms with E-state index in [-0.39, 0.29) is 5.60 Å². The van der Waals surface area contributed by atoms with Crippen LogP contribution >= 0.6 is 11.8 Å². The minimum atomic E-state index is -0.896. The Kier molecular flexibility index (Phi) is 4.37. The predicted molar refractivity (Wildman–Crippen MR) is 77.3 cm³/mol. The maximum absolute atomic E-state index is 11.4. The van der Waals surface area contributed by atoms with Gasteiger partial charge in [0.05, 0.1) is 11.2 Å². The van der Waals surface area contributed by atoms with Crippen molar-refractivity contribution in [1.82, 2.24) is 0 Å². The Balaban J connectivity index is 2.18. The van der Waals surface area contributed by atoms with Crippen molar-refractivity contribution in [1.29, 1.82) is 0 Å². The SMILES string of the molecule is COC1(CNc2cccc(SC)c2C(=O)O)CCC1. The molecule has 0 bridgehead atoms. The Hall–Kier alpha value is -1.20. The molecule has 1 fully saturated rings. The first kappa shape index (κ1) is 14.2. The molecule has 1 saturated carbocycles. The number of rotatable bonds is 6. The highest BCUT2D eigenvalue weighted by Gasteiger charge is 2.37. The zero-order chi connectivity index (χ0) is 13.9. The van der Waals surface area contributed by atoms with E-state index < -0.39 is 5.97 Å². The van der Waals surface area contributed by atoms with Crippen LogP contribution in [0.25, 0.3) is 0 Å². The van der Waals surface area contributed by atoms with Crippen LogP contribution < -0.4 is 5.32 Å². The van der Waals surface area contributed by atoms with Crippen LogP contribution in [0.3, 0.4) is 0 Å². The van der Waals surface area contributed by atoms with E-state index in [1.54, 1.807) is 7.11 Å². The summed E-state index contributed by atoms with van der Waals surface area (Å²) in [6, 6.07) is 5.51. The van der Waals surface area contributed by atoms with Gasteiger partial charge in [-0.1, -0.05) is 6.07 Å². The average molecular weight is 281 g/mol. The zero-order valence-electron chi connectivity index (χ0n) is 11.2. The van der Waals surface area contributed by atoms with Crippen molar-refractivity contribution in [3.05, 3.63) is 23.8 Å². The van der Waals surface area contributed by atoms with E-state index in [2.05, 4.69) is 5.32 Å². The summed E-state index contributed by atoms with van der Waals surface area (Å²) in [5.74, 6) is -0.896. The lowest BCUT2D eigenvalue weighted by atomic mass is 9.80. The number of hydrogen-bond donors (Lipinski definition) is 2. The molecule has 0 radical (unpaired) electrons. The molecule has 2 rings (SSSR count). The number of anilines is 1. The third kappa shape index (κ3) is 2.87. The molecule has 1 aromatic carbocycles. The van der Waals surface area contributed by atoms with Crippen molar-refractivity contribution in [2.75, 3.05) is 25.2 Å². The number of benzene rings is 1. The van der Waals surface area contributed by atoms with E-state index in [1.807, 2.05) is 24.5 Å². The van der Waals surface area contributed by atoms with E-state index in [0.717, 1.165) is 17.7 Å². The van der Waals surface area contributed by atoms with Crippen LogP contribution in [-0.4, -0.2) is 36.6 Å². The van der Waals surface area contributed by atoms with Gasteiger partial charge >= 0.3 is 5.97 Å². The molecule has 1 aromatic rings. The number of carboxylic acid groups (broad SMARTS) is 1. The topological polar surface area (TPSA) is 58.6 Å². The molecular weight excluding hydrogens is 262 g/mol. The van der Waals surface area contributed by atoms with Crippen LogP contribution in [-0.2, 0) is 4.74 Å². The fraction of sp³-hybridized carbons (Fsp3) is 0.500. The predicted octanol–water partition coefficient (Wildman–Crippen LogP) is 3.09. The molecule has 0 atom stereocenters. The summed E-state index contributed by atoms with van der Waals surface area (Å²) in [7, 11) is 1.72. The molecule has 0 spiro atoms. The molecule has 0 heterocycles. The molecule has 19 heavy (non-hydrogen) atoms. The fourth-order valence-corrected chi connectivity index (χ4v) is 2.97. The van der Waals surface area contributed by atoms with E-state index >= 15 is 0 Å². The number of carboxylic acids is 1. The van der Waals surface area contributed by atoms with Crippen molar-refractivity contribution in [2.45, 2.75) is 29.8 Å². The molecule has 104 valence electrons. The van der Waals surface area contributed by atoms with E-state index in [0.29, 0.717) is 17.8 Å². The quantitative estimate of drug-likeness (QED) is 0.785. The van der Waals surface area contributed by atoms with Crippen molar-refractivity contribution < 1.29 is 14.6 Å². The lowest BCUT2D eigenvalue weighted by Crippen LogP contribution is -2.45. The summed E-state index contributed by atoms with van der Waals surface area (Å²) >= 11 is 1.44. The smallest absolute Gasteiger partial charge is 0.338 e. The molecular formula is C14H19NO3S. The summed E-state index contributed by atoms with van der Waals surface area (Å²) < 4.78 is 5.54. The van der Waals surface area contributed by atoms with Gasteiger partial charge in [-0.15, -0.1) is 11.8 Å². The lowest BCUT2D eigenvalue weighted by Gasteiger charge is -2.40. The summed E-state index contributed by atoms with van der Waals surface area (Å²) in [4.78, 5) is 12.2. The molecule has 0 saturated heterocycles. The average Bonchev–Trinajstić information content (AvgIpc) is 2.37. The van der Waals surface area contributed by atoms with Crippen LogP contribution in [0.1, 0.15) is 29.6 Å². The largest absolute Gasteiger partial charge is 0.478 e. The Bertz CT molecular complexity index is 466. The van der Waals surface area contributed by atoms with Gasteiger partial charge in [0, 0.05) is 24.2 Å². The minimum Gasteiger partial charge on any atom is -0.478 e. The van der Waals surface area contributed by atoms with E-state index in [9.17, 15) is 9.90 Å². The lowest BCUT2D eigenvalue weighted by molar-refractivity contribution is -0.0601. The summed E-state index contributed by atoms with van der Waals surface area (Å²) in [6.07, 6.45) is 5.11. The Labute approximate surface area is 117 Å². The standard InChI is InChI=1S/C14H19NO3S/c1-18-14(7-4-8-14)9-15-10-5-3-6-11(19-2)12(10)13(16)17/h3,5-6,15H,4,7-9H2,1-2H3,(H,16,17). The summed E-state index contributed by atoms with van der Waals surface area (Å²) in [6.45, 7) is 0.654. The van der Waals surface area contributed by atoms with Crippen LogP contribution in [0.4, 0.5) is 5.69 Å². The molecule has 2 N–H and O–H groups in total. The number of thioether (sulfide) groups is 1. The molecule has 0 aliphatic heterocycles. The number of ether oxygens (including phenoxy) is 1. The molecule has 5 heteroatoms. The number of carbonyl (C=O) groups is 1. The van der Waals surface area contributed by atoms with Gasteiger partial charge in [0.1, 0.15) is 0 Å². The number of aromatic carboxylic acids is 1. The molecule has 1 aliphatic rings. The van der Waals surface area contributed by atoms with Gasteiger partial charge in [-0.2, -0.15) is 0 Å². The minimum absolute atomic E-state index is 0.120. The van der Waals surface area contributed by atoms with E-state index in [4.69, 9.17) is 4.74 Å².